The molecule has 0 N–H and O–H groups in total. The van der Waals surface area contributed by atoms with Gasteiger partial charge in [0.25, 0.3) is 0 Å². The maximum Gasteiger partial charge on any atom is 0.414 e. The van der Waals surface area contributed by atoms with Crippen molar-refractivity contribution in [2.24, 2.45) is 5.41 Å². The summed E-state index contributed by atoms with van der Waals surface area (Å²) in [6.45, 7) is 3.56. The summed E-state index contributed by atoms with van der Waals surface area (Å²) in [4.78, 5) is 15.7. The normalized spacial score (nSPS) is 23.3. The van der Waals surface area contributed by atoms with Gasteiger partial charge in [-0.2, -0.15) is 0 Å². The van der Waals surface area contributed by atoms with Crippen molar-refractivity contribution in [1.82, 2.24) is 5.16 Å². The van der Waals surface area contributed by atoms with Crippen LogP contribution in [0.1, 0.15) is 12.1 Å². The van der Waals surface area contributed by atoms with E-state index in [0.29, 0.717) is 30.8 Å². The van der Waals surface area contributed by atoms with Gasteiger partial charge in [0, 0.05) is 19.2 Å². The molecular weight excluding hydrogens is 353 g/mol. The van der Waals surface area contributed by atoms with Crippen molar-refractivity contribution < 1.29 is 23.2 Å². The highest BCUT2D eigenvalue weighted by Crippen LogP contribution is 2.41. The number of nitrogens with zero attached hydrogens (tertiary/aromatic N) is 3. The van der Waals surface area contributed by atoms with Gasteiger partial charge in [-0.25, -0.2) is 9.18 Å². The molecule has 1 aromatic heterocycles. The van der Waals surface area contributed by atoms with Gasteiger partial charge >= 0.3 is 6.09 Å². The molecule has 3 aliphatic rings. The Balaban J connectivity index is 1.23. The number of amides is 1. The van der Waals surface area contributed by atoms with Crippen LogP contribution in [0.2, 0.25) is 0 Å². The molecule has 4 heterocycles. The fourth-order valence-corrected chi connectivity index (χ4v) is 3.99. The van der Waals surface area contributed by atoms with Gasteiger partial charge in [0.15, 0.2) is 0 Å². The number of aromatic nitrogens is 1. The van der Waals surface area contributed by atoms with Crippen molar-refractivity contribution in [3.8, 4) is 0 Å². The molecule has 1 aromatic carbocycles. The Morgan fingerprint density at radius 1 is 1.26 bits per heavy atom. The molecule has 2 aromatic rings. The lowest BCUT2D eigenvalue weighted by Gasteiger charge is -2.56. The summed E-state index contributed by atoms with van der Waals surface area (Å²) in [6.07, 6.45) is 2.14. The zero-order chi connectivity index (χ0) is 18.4. The van der Waals surface area contributed by atoms with Gasteiger partial charge < -0.3 is 18.9 Å². The van der Waals surface area contributed by atoms with E-state index in [2.05, 4.69) is 5.16 Å². The minimum atomic E-state index is -0.443. The van der Waals surface area contributed by atoms with Crippen molar-refractivity contribution in [2.45, 2.75) is 18.9 Å². The second-order valence-electron chi connectivity index (χ2n) is 7.63. The molecule has 0 saturated carbocycles. The number of hydrogen-bond acceptors (Lipinski definition) is 6. The highest BCUT2D eigenvalue weighted by Gasteiger charge is 2.49. The maximum absolute atomic E-state index is 14.6. The molecule has 7 nitrogen and oxygen atoms in total. The van der Waals surface area contributed by atoms with Crippen LogP contribution in [0.3, 0.4) is 0 Å². The molecule has 3 saturated heterocycles. The fourth-order valence-electron chi connectivity index (χ4n) is 3.99. The summed E-state index contributed by atoms with van der Waals surface area (Å²) < 4.78 is 30.1. The van der Waals surface area contributed by atoms with E-state index in [-0.39, 0.29) is 17.3 Å². The van der Waals surface area contributed by atoms with Crippen LogP contribution in [0.5, 0.6) is 0 Å². The van der Waals surface area contributed by atoms with Gasteiger partial charge in [-0.1, -0.05) is 5.16 Å². The third-order valence-electron chi connectivity index (χ3n) is 5.54. The number of carbonyl (C=O) groups excluding carboxylic acids is 1. The zero-order valence-corrected chi connectivity index (χ0v) is 14.8. The number of anilines is 2. The van der Waals surface area contributed by atoms with E-state index < -0.39 is 6.09 Å². The Morgan fingerprint density at radius 3 is 2.78 bits per heavy atom. The van der Waals surface area contributed by atoms with Gasteiger partial charge in [-0.3, -0.25) is 4.90 Å². The molecule has 0 radical (unpaired) electrons. The highest BCUT2D eigenvalue weighted by molar-refractivity contribution is 5.90. The summed E-state index contributed by atoms with van der Waals surface area (Å²) in [5, 5.41) is 3.85. The summed E-state index contributed by atoms with van der Waals surface area (Å²) in [5.41, 5.74) is 2.14. The van der Waals surface area contributed by atoms with Crippen LogP contribution in [-0.4, -0.2) is 50.2 Å². The second-order valence-corrected chi connectivity index (χ2v) is 7.63. The van der Waals surface area contributed by atoms with Gasteiger partial charge in [0.05, 0.1) is 42.2 Å². The third kappa shape index (κ3) is 2.93. The van der Waals surface area contributed by atoms with E-state index in [1.54, 1.807) is 18.2 Å². The smallest absolute Gasteiger partial charge is 0.414 e. The lowest BCUT2D eigenvalue weighted by molar-refractivity contribution is -0.127. The summed E-state index contributed by atoms with van der Waals surface area (Å²) in [7, 11) is 0. The highest BCUT2D eigenvalue weighted by atomic mass is 19.1. The number of ether oxygens (including phenoxy) is 2. The van der Waals surface area contributed by atoms with Gasteiger partial charge in [-0.05, 0) is 31.0 Å². The number of halogens is 1. The number of cyclic esters (lactones) is 1. The fraction of sp³-hybridized carbons (Fsp3) is 0.474. The molecule has 0 unspecified atom stereocenters. The molecule has 1 spiro atoms. The quantitative estimate of drug-likeness (QED) is 0.803. The molecule has 0 bridgehead atoms. The van der Waals surface area contributed by atoms with Crippen LogP contribution in [0.15, 0.2) is 35.1 Å². The van der Waals surface area contributed by atoms with Crippen molar-refractivity contribution in [3.63, 3.8) is 0 Å². The molecule has 0 aliphatic carbocycles. The first-order chi connectivity index (χ1) is 13.1. The molecule has 27 heavy (non-hydrogen) atoms. The van der Waals surface area contributed by atoms with Gasteiger partial charge in [0.2, 0.25) is 0 Å². The maximum atomic E-state index is 14.6. The van der Waals surface area contributed by atoms with Crippen LogP contribution in [-0.2, 0) is 15.9 Å². The first kappa shape index (κ1) is 16.6. The Morgan fingerprint density at radius 2 is 2.11 bits per heavy atom. The van der Waals surface area contributed by atoms with E-state index in [9.17, 15) is 9.18 Å². The molecule has 3 aliphatic heterocycles. The monoisotopic (exact) mass is 373 g/mol. The lowest BCUT2D eigenvalue weighted by Crippen LogP contribution is -2.66. The predicted molar refractivity (Wildman–Crippen MR) is 94.3 cm³/mol. The Labute approximate surface area is 155 Å². The van der Waals surface area contributed by atoms with E-state index in [1.807, 2.05) is 4.90 Å². The van der Waals surface area contributed by atoms with Crippen LogP contribution in [0, 0.1) is 11.2 Å². The van der Waals surface area contributed by atoms with Crippen molar-refractivity contribution >= 4 is 17.5 Å². The van der Waals surface area contributed by atoms with Gasteiger partial charge in [-0.15, -0.1) is 0 Å². The number of rotatable bonds is 5. The van der Waals surface area contributed by atoms with Crippen LogP contribution >= 0.6 is 0 Å². The largest absolute Gasteiger partial charge is 0.444 e. The van der Waals surface area contributed by atoms with Crippen molar-refractivity contribution in [1.29, 1.82) is 0 Å². The summed E-state index contributed by atoms with van der Waals surface area (Å²) in [5.74, 6) is -0.318. The molecule has 5 rings (SSSR count). The van der Waals surface area contributed by atoms with Gasteiger partial charge in [0.1, 0.15) is 18.2 Å². The number of hydrogen-bond donors (Lipinski definition) is 0. The van der Waals surface area contributed by atoms with E-state index in [1.165, 1.54) is 17.2 Å². The molecule has 3 fully saturated rings. The molecule has 8 heteroatoms. The number of aryl methyl sites for hydroxylation is 1. The Bertz CT molecular complexity index is 845. The average molecular weight is 373 g/mol. The Kier molecular flexibility index (Phi) is 3.82. The third-order valence-corrected chi connectivity index (χ3v) is 5.54. The van der Waals surface area contributed by atoms with Crippen molar-refractivity contribution in [3.05, 3.63) is 42.0 Å². The molecule has 1 atom stereocenters. The molecule has 1 amide bonds. The minimum Gasteiger partial charge on any atom is -0.444 e. The van der Waals surface area contributed by atoms with E-state index >= 15 is 0 Å². The lowest BCUT2D eigenvalue weighted by atomic mass is 9.78. The van der Waals surface area contributed by atoms with Crippen LogP contribution in [0.4, 0.5) is 20.6 Å². The zero-order valence-electron chi connectivity index (χ0n) is 14.8. The minimum absolute atomic E-state index is 0.223. The van der Waals surface area contributed by atoms with E-state index in [0.717, 1.165) is 32.0 Å². The number of benzene rings is 1. The Hall–Kier alpha value is -2.61. The van der Waals surface area contributed by atoms with Crippen molar-refractivity contribution in [2.75, 3.05) is 42.6 Å². The SMILES string of the molecule is O=C1O[C@@H](CCc2ccon2)CN1c1ccc(N2CC3(COC3)C2)c(F)c1. The van der Waals surface area contributed by atoms with Crippen LogP contribution in [0.25, 0.3) is 0 Å². The molecule has 142 valence electrons. The summed E-state index contributed by atoms with van der Waals surface area (Å²) in [6, 6.07) is 6.73. The summed E-state index contributed by atoms with van der Waals surface area (Å²) >= 11 is 0. The van der Waals surface area contributed by atoms with Crippen LogP contribution < -0.4 is 9.80 Å². The number of carbonyl (C=O) groups is 1. The second kappa shape index (κ2) is 6.23. The average Bonchev–Trinajstić information content (AvgIpc) is 3.21. The van der Waals surface area contributed by atoms with E-state index in [4.69, 9.17) is 14.0 Å². The standard InChI is InChI=1S/C19H20FN3O4/c20-16-7-14(2-4-17(16)22-9-19(10-22)11-25-12-19)23-8-15(27-18(23)24)3-1-13-5-6-26-21-13/h2,4-7,15H,1,3,8-12H2/t15-/m0/s1. The first-order valence-electron chi connectivity index (χ1n) is 9.12. The predicted octanol–water partition coefficient (Wildman–Crippen LogP) is 2.61. The first-order valence-corrected chi connectivity index (χ1v) is 9.12. The molecular formula is C19H20FN3O4. The topological polar surface area (TPSA) is 68.0 Å².